The van der Waals surface area contributed by atoms with E-state index in [-0.39, 0.29) is 0 Å². The maximum atomic E-state index is 6.42. The van der Waals surface area contributed by atoms with Crippen molar-refractivity contribution in [3.8, 4) is 5.75 Å². The van der Waals surface area contributed by atoms with E-state index in [1.165, 1.54) is 16.7 Å². The molecule has 0 N–H and O–H groups in total. The Hall–Kier alpha value is -0.666. The third-order valence-electron chi connectivity index (χ3n) is 3.23. The van der Waals surface area contributed by atoms with E-state index in [4.69, 9.17) is 4.43 Å². The Balaban J connectivity index is 3.30. The summed E-state index contributed by atoms with van der Waals surface area (Å²) in [5.74, 6) is 1.11. The van der Waals surface area contributed by atoms with Crippen LogP contribution in [-0.2, 0) is 19.6 Å². The van der Waals surface area contributed by atoms with Crippen molar-refractivity contribution in [3.05, 3.63) is 28.8 Å². The zero-order chi connectivity index (χ0) is 18.5. The molecule has 136 valence electrons. The minimum atomic E-state index is -1.24. The molecule has 0 aliphatic rings. The van der Waals surface area contributed by atoms with Gasteiger partial charge in [0.1, 0.15) is 5.75 Å². The standard InChI is InChI=1S/C18H35N3OSi2/c1-19(2)12-15-10-16(13-20(3)4)18(22-23-24(7,8)9)17(11-15)14-21(5)6/h10-11H,12-14H2,1-9H3. The molecule has 0 heterocycles. The average Bonchev–Trinajstić information content (AvgIpc) is 2.33. The molecule has 1 rings (SSSR count). The van der Waals surface area contributed by atoms with Crippen LogP contribution in [0.2, 0.25) is 19.6 Å². The second kappa shape index (κ2) is 9.15. The molecule has 0 aliphatic carbocycles. The maximum Gasteiger partial charge on any atom is 0.288 e. The summed E-state index contributed by atoms with van der Waals surface area (Å²) < 4.78 is 6.42. The second-order valence-corrected chi connectivity index (χ2v) is 18.4. The van der Waals surface area contributed by atoms with Crippen molar-refractivity contribution in [2.24, 2.45) is 0 Å². The smallest absolute Gasteiger partial charge is 0.288 e. The van der Waals surface area contributed by atoms with Crippen molar-refractivity contribution in [3.63, 3.8) is 0 Å². The number of hydrogen-bond acceptors (Lipinski definition) is 4. The molecule has 0 atom stereocenters. The highest BCUT2D eigenvalue weighted by Crippen LogP contribution is 2.29. The predicted octanol–water partition coefficient (Wildman–Crippen LogP) is 2.70. The lowest BCUT2D eigenvalue weighted by Crippen LogP contribution is -2.35. The first-order chi connectivity index (χ1) is 11.0. The van der Waals surface area contributed by atoms with Crippen LogP contribution in [0.5, 0.6) is 5.75 Å². The molecule has 4 nitrogen and oxygen atoms in total. The van der Waals surface area contributed by atoms with Gasteiger partial charge in [0.2, 0.25) is 0 Å². The van der Waals surface area contributed by atoms with Crippen molar-refractivity contribution < 1.29 is 4.43 Å². The number of rotatable bonds is 9. The first-order valence-corrected chi connectivity index (χ1v) is 13.9. The Morgan fingerprint density at radius 2 is 1.21 bits per heavy atom. The van der Waals surface area contributed by atoms with Crippen LogP contribution in [0.25, 0.3) is 0 Å². The van der Waals surface area contributed by atoms with Crippen LogP contribution in [0.4, 0.5) is 0 Å². The molecule has 1 aromatic carbocycles. The van der Waals surface area contributed by atoms with Gasteiger partial charge in [-0.2, -0.15) is 0 Å². The van der Waals surface area contributed by atoms with Crippen LogP contribution < -0.4 is 4.43 Å². The zero-order valence-corrected chi connectivity index (χ0v) is 19.0. The number of nitrogens with zero attached hydrogens (tertiary/aromatic N) is 3. The molecule has 0 spiro atoms. The highest BCUT2D eigenvalue weighted by molar-refractivity contribution is 7.21. The van der Waals surface area contributed by atoms with Crippen molar-refractivity contribution in [1.29, 1.82) is 0 Å². The van der Waals surface area contributed by atoms with Gasteiger partial charge in [0.15, 0.2) is 0 Å². The van der Waals surface area contributed by atoms with E-state index < -0.39 is 7.59 Å². The summed E-state index contributed by atoms with van der Waals surface area (Å²) in [6, 6.07) is 4.65. The summed E-state index contributed by atoms with van der Waals surface area (Å²) in [6.45, 7) is 9.87. The van der Waals surface area contributed by atoms with Gasteiger partial charge in [-0.3, -0.25) is 0 Å². The molecule has 0 saturated heterocycles. The van der Waals surface area contributed by atoms with Gasteiger partial charge in [-0.05, 0) is 60.0 Å². The van der Waals surface area contributed by atoms with E-state index in [0.29, 0.717) is 9.28 Å². The van der Waals surface area contributed by atoms with E-state index in [2.05, 4.69) is 88.8 Å². The van der Waals surface area contributed by atoms with Crippen LogP contribution >= 0.6 is 0 Å². The van der Waals surface area contributed by atoms with Crippen molar-refractivity contribution in [2.45, 2.75) is 39.3 Å². The van der Waals surface area contributed by atoms with Crippen LogP contribution in [0, 0.1) is 0 Å². The monoisotopic (exact) mass is 365 g/mol. The van der Waals surface area contributed by atoms with E-state index in [9.17, 15) is 0 Å². The summed E-state index contributed by atoms with van der Waals surface area (Å²) in [5, 5.41) is 0. The quantitative estimate of drug-likeness (QED) is 0.626. The lowest BCUT2D eigenvalue weighted by atomic mass is 10.0. The minimum absolute atomic E-state index is 0.589. The Kier molecular flexibility index (Phi) is 8.15. The molecule has 0 aromatic heterocycles. The lowest BCUT2D eigenvalue weighted by Gasteiger charge is -2.24. The van der Waals surface area contributed by atoms with Crippen molar-refractivity contribution in [2.75, 3.05) is 42.3 Å². The molecule has 0 fully saturated rings. The van der Waals surface area contributed by atoms with Crippen molar-refractivity contribution >= 4 is 16.9 Å². The fourth-order valence-corrected chi connectivity index (χ4v) is 4.43. The van der Waals surface area contributed by atoms with Gasteiger partial charge in [-0.15, -0.1) is 0 Å². The van der Waals surface area contributed by atoms with Gasteiger partial charge >= 0.3 is 0 Å². The van der Waals surface area contributed by atoms with Crippen LogP contribution in [0.1, 0.15) is 16.7 Å². The lowest BCUT2D eigenvalue weighted by molar-refractivity contribution is 0.379. The molecule has 0 bridgehead atoms. The molecular formula is C18H35N3OSi2. The van der Waals surface area contributed by atoms with Gasteiger partial charge in [0.05, 0.1) is 7.59 Å². The van der Waals surface area contributed by atoms with Crippen molar-refractivity contribution in [1.82, 2.24) is 14.7 Å². The normalized spacial score (nSPS) is 12.5. The largest absolute Gasteiger partial charge is 0.544 e. The highest BCUT2D eigenvalue weighted by Gasteiger charge is 2.21. The third kappa shape index (κ3) is 7.94. The fourth-order valence-electron chi connectivity index (χ4n) is 2.53. The molecule has 1 aromatic rings. The first-order valence-electron chi connectivity index (χ1n) is 8.51. The molecule has 0 amide bonds. The molecule has 6 heteroatoms. The molecule has 0 saturated carbocycles. The Morgan fingerprint density at radius 3 is 1.54 bits per heavy atom. The zero-order valence-electron chi connectivity index (χ0n) is 17.0. The minimum Gasteiger partial charge on any atom is -0.544 e. The molecule has 0 aliphatic heterocycles. The Labute approximate surface area is 152 Å². The van der Waals surface area contributed by atoms with Gasteiger partial charge in [-0.1, -0.05) is 19.6 Å². The highest BCUT2D eigenvalue weighted by atomic mass is 29.2. The Morgan fingerprint density at radius 1 is 0.792 bits per heavy atom. The first kappa shape index (κ1) is 21.4. The molecular weight excluding hydrogens is 330 g/mol. The van der Waals surface area contributed by atoms with Gasteiger partial charge in [0.25, 0.3) is 9.28 Å². The maximum absolute atomic E-state index is 6.42. The van der Waals surface area contributed by atoms with Gasteiger partial charge < -0.3 is 19.1 Å². The number of hydrogen-bond donors (Lipinski definition) is 0. The predicted molar refractivity (Wildman–Crippen MR) is 108 cm³/mol. The summed E-state index contributed by atoms with van der Waals surface area (Å²) in [7, 11) is 12.1. The van der Waals surface area contributed by atoms with Gasteiger partial charge in [0, 0.05) is 30.8 Å². The van der Waals surface area contributed by atoms with E-state index in [1.54, 1.807) is 0 Å². The summed E-state index contributed by atoms with van der Waals surface area (Å²) >= 11 is 0. The summed E-state index contributed by atoms with van der Waals surface area (Å²) in [5.41, 5.74) is 3.97. The number of benzene rings is 1. The molecule has 2 radical (unpaired) electrons. The van der Waals surface area contributed by atoms with Crippen LogP contribution in [0.3, 0.4) is 0 Å². The summed E-state index contributed by atoms with van der Waals surface area (Å²) in [6.07, 6.45) is 0. The van der Waals surface area contributed by atoms with Crippen LogP contribution in [0.15, 0.2) is 12.1 Å². The fraction of sp³-hybridized carbons (Fsp3) is 0.667. The molecule has 24 heavy (non-hydrogen) atoms. The third-order valence-corrected chi connectivity index (χ3v) is 6.30. The van der Waals surface area contributed by atoms with E-state index in [0.717, 1.165) is 25.4 Å². The van der Waals surface area contributed by atoms with E-state index in [1.807, 2.05) is 0 Å². The second-order valence-electron chi connectivity index (χ2n) is 8.41. The topological polar surface area (TPSA) is 19.0 Å². The van der Waals surface area contributed by atoms with Gasteiger partial charge in [-0.25, -0.2) is 0 Å². The summed E-state index contributed by atoms with van der Waals surface area (Å²) in [4.78, 5) is 6.66. The molecule has 0 unspecified atom stereocenters. The SMILES string of the molecule is CN(C)Cc1cc(CN(C)C)c(O[Si][Si](C)(C)C)c(CN(C)C)c1. The van der Waals surface area contributed by atoms with E-state index >= 15 is 0 Å². The Bertz CT molecular complexity index is 494. The average molecular weight is 366 g/mol. The van der Waals surface area contributed by atoms with Crippen LogP contribution in [-0.4, -0.2) is 73.9 Å².